The van der Waals surface area contributed by atoms with E-state index < -0.39 is 5.97 Å². The number of carboxylic acid groups (broad SMARTS) is 1. The lowest BCUT2D eigenvalue weighted by atomic mass is 10.0. The molecule has 1 N–H and O–H groups in total. The minimum atomic E-state index is -0.819. The first kappa shape index (κ1) is 12.7. The van der Waals surface area contributed by atoms with E-state index in [-0.39, 0.29) is 6.42 Å². The SMILES string of the molecule is O=C(O)CCc1cncnc1-c1ccc(Br)cc1. The number of aromatic nitrogens is 2. The fourth-order valence-electron chi connectivity index (χ4n) is 1.65. The minimum Gasteiger partial charge on any atom is -0.481 e. The molecule has 2 rings (SSSR count). The standard InChI is InChI=1S/C13H11BrN2O2/c14-11-4-1-9(2-5-11)13-10(3-6-12(17)18)7-15-8-16-13/h1-2,4-5,7-8H,3,6H2,(H,17,18). The molecule has 0 unspecified atom stereocenters. The van der Waals surface area contributed by atoms with Gasteiger partial charge in [0.05, 0.1) is 5.69 Å². The maximum atomic E-state index is 10.6. The molecule has 0 bridgehead atoms. The van der Waals surface area contributed by atoms with Crippen molar-refractivity contribution in [2.45, 2.75) is 12.8 Å². The number of benzene rings is 1. The van der Waals surface area contributed by atoms with Gasteiger partial charge in [-0.05, 0) is 24.1 Å². The van der Waals surface area contributed by atoms with Crippen molar-refractivity contribution in [2.24, 2.45) is 0 Å². The van der Waals surface area contributed by atoms with Crippen molar-refractivity contribution in [3.63, 3.8) is 0 Å². The van der Waals surface area contributed by atoms with Crippen molar-refractivity contribution in [1.82, 2.24) is 9.97 Å². The molecule has 4 nitrogen and oxygen atoms in total. The van der Waals surface area contributed by atoms with E-state index in [0.717, 1.165) is 21.3 Å². The fourth-order valence-corrected chi connectivity index (χ4v) is 1.92. The van der Waals surface area contributed by atoms with Gasteiger partial charge < -0.3 is 5.11 Å². The summed E-state index contributed by atoms with van der Waals surface area (Å²) in [5, 5.41) is 8.73. The first-order chi connectivity index (χ1) is 8.66. The van der Waals surface area contributed by atoms with Gasteiger partial charge in [-0.1, -0.05) is 28.1 Å². The van der Waals surface area contributed by atoms with Gasteiger partial charge in [0.15, 0.2) is 0 Å². The smallest absolute Gasteiger partial charge is 0.303 e. The van der Waals surface area contributed by atoms with E-state index in [0.29, 0.717) is 6.42 Å². The number of carbonyl (C=O) groups is 1. The highest BCUT2D eigenvalue weighted by molar-refractivity contribution is 9.10. The average Bonchev–Trinajstić information content (AvgIpc) is 2.38. The summed E-state index contributed by atoms with van der Waals surface area (Å²) < 4.78 is 0.993. The van der Waals surface area contributed by atoms with Crippen LogP contribution in [0.3, 0.4) is 0 Å². The Balaban J connectivity index is 2.32. The van der Waals surface area contributed by atoms with Gasteiger partial charge in [0.25, 0.3) is 0 Å². The largest absolute Gasteiger partial charge is 0.481 e. The van der Waals surface area contributed by atoms with Crippen LogP contribution in [-0.2, 0) is 11.2 Å². The van der Waals surface area contributed by atoms with E-state index in [9.17, 15) is 4.79 Å². The van der Waals surface area contributed by atoms with Gasteiger partial charge >= 0.3 is 5.97 Å². The van der Waals surface area contributed by atoms with Crippen LogP contribution in [0.25, 0.3) is 11.3 Å². The van der Waals surface area contributed by atoms with Crippen molar-refractivity contribution in [3.05, 3.63) is 46.8 Å². The Morgan fingerprint density at radius 1 is 1.28 bits per heavy atom. The van der Waals surface area contributed by atoms with E-state index in [2.05, 4.69) is 25.9 Å². The lowest BCUT2D eigenvalue weighted by Gasteiger charge is -2.06. The molecule has 0 saturated heterocycles. The fraction of sp³-hybridized carbons (Fsp3) is 0.154. The van der Waals surface area contributed by atoms with Crippen molar-refractivity contribution >= 4 is 21.9 Å². The molecule has 0 aliphatic carbocycles. The maximum absolute atomic E-state index is 10.6. The van der Waals surface area contributed by atoms with E-state index in [1.807, 2.05) is 24.3 Å². The second-order valence-corrected chi connectivity index (χ2v) is 4.71. The van der Waals surface area contributed by atoms with E-state index >= 15 is 0 Å². The lowest BCUT2D eigenvalue weighted by Crippen LogP contribution is -2.00. The number of carboxylic acids is 1. The molecule has 0 aliphatic rings. The van der Waals surface area contributed by atoms with Crippen molar-refractivity contribution in [3.8, 4) is 11.3 Å². The zero-order chi connectivity index (χ0) is 13.0. The van der Waals surface area contributed by atoms with Crippen LogP contribution in [0.5, 0.6) is 0 Å². The molecule has 0 radical (unpaired) electrons. The topological polar surface area (TPSA) is 63.1 Å². The third-order valence-corrected chi connectivity index (χ3v) is 3.04. The van der Waals surface area contributed by atoms with Crippen molar-refractivity contribution < 1.29 is 9.90 Å². The highest BCUT2D eigenvalue weighted by Gasteiger charge is 2.08. The number of aryl methyl sites for hydroxylation is 1. The summed E-state index contributed by atoms with van der Waals surface area (Å²) in [4.78, 5) is 18.8. The van der Waals surface area contributed by atoms with Crippen LogP contribution in [0.15, 0.2) is 41.3 Å². The van der Waals surface area contributed by atoms with Crippen LogP contribution >= 0.6 is 15.9 Å². The van der Waals surface area contributed by atoms with Gasteiger partial charge in [-0.25, -0.2) is 9.97 Å². The summed E-state index contributed by atoms with van der Waals surface area (Å²) in [5.41, 5.74) is 2.60. The molecule has 92 valence electrons. The second kappa shape index (κ2) is 5.73. The Labute approximate surface area is 113 Å². The summed E-state index contributed by atoms with van der Waals surface area (Å²) in [6.07, 6.45) is 3.66. The van der Waals surface area contributed by atoms with E-state index in [1.165, 1.54) is 6.33 Å². The number of hydrogen-bond donors (Lipinski definition) is 1. The van der Waals surface area contributed by atoms with Crippen LogP contribution < -0.4 is 0 Å². The monoisotopic (exact) mass is 306 g/mol. The molecule has 1 aromatic carbocycles. The number of halogens is 1. The normalized spacial score (nSPS) is 10.3. The molecule has 0 spiro atoms. The summed E-state index contributed by atoms with van der Waals surface area (Å²) in [6, 6.07) is 7.74. The van der Waals surface area contributed by atoms with E-state index in [1.54, 1.807) is 6.20 Å². The van der Waals surface area contributed by atoms with Crippen LogP contribution in [-0.4, -0.2) is 21.0 Å². The molecule has 1 heterocycles. The number of aliphatic carboxylic acids is 1. The summed E-state index contributed by atoms with van der Waals surface area (Å²) in [5.74, 6) is -0.819. The summed E-state index contributed by atoms with van der Waals surface area (Å²) in [7, 11) is 0. The third kappa shape index (κ3) is 3.13. The van der Waals surface area contributed by atoms with Crippen molar-refractivity contribution in [1.29, 1.82) is 0 Å². The zero-order valence-electron chi connectivity index (χ0n) is 9.51. The first-order valence-electron chi connectivity index (χ1n) is 5.43. The van der Waals surface area contributed by atoms with Gasteiger partial charge in [0.2, 0.25) is 0 Å². The number of nitrogens with zero attached hydrogens (tertiary/aromatic N) is 2. The van der Waals surface area contributed by atoms with Crippen LogP contribution in [0, 0.1) is 0 Å². The predicted octanol–water partition coefficient (Wildman–Crippen LogP) is 2.92. The van der Waals surface area contributed by atoms with Crippen LogP contribution in [0.4, 0.5) is 0 Å². The molecule has 5 heteroatoms. The van der Waals surface area contributed by atoms with Gasteiger partial charge in [-0.2, -0.15) is 0 Å². The molecule has 2 aromatic rings. The van der Waals surface area contributed by atoms with Gasteiger partial charge in [0.1, 0.15) is 6.33 Å². The lowest BCUT2D eigenvalue weighted by molar-refractivity contribution is -0.136. The Bertz CT molecular complexity index is 555. The van der Waals surface area contributed by atoms with Gasteiger partial charge in [0, 0.05) is 22.7 Å². The summed E-state index contributed by atoms with van der Waals surface area (Å²) in [6.45, 7) is 0. The Hall–Kier alpha value is -1.75. The van der Waals surface area contributed by atoms with Crippen LogP contribution in [0.2, 0.25) is 0 Å². The van der Waals surface area contributed by atoms with Gasteiger partial charge in [-0.3, -0.25) is 4.79 Å². The van der Waals surface area contributed by atoms with E-state index in [4.69, 9.17) is 5.11 Å². The number of hydrogen-bond acceptors (Lipinski definition) is 3. The highest BCUT2D eigenvalue weighted by atomic mass is 79.9. The molecular formula is C13H11BrN2O2. The maximum Gasteiger partial charge on any atom is 0.303 e. The number of rotatable bonds is 4. The molecule has 1 aromatic heterocycles. The molecular weight excluding hydrogens is 296 g/mol. The molecule has 0 fully saturated rings. The van der Waals surface area contributed by atoms with Gasteiger partial charge in [-0.15, -0.1) is 0 Å². The third-order valence-electron chi connectivity index (χ3n) is 2.51. The Kier molecular flexibility index (Phi) is 4.04. The molecule has 0 aliphatic heterocycles. The average molecular weight is 307 g/mol. The Morgan fingerprint density at radius 2 is 2.00 bits per heavy atom. The van der Waals surface area contributed by atoms with Crippen LogP contribution in [0.1, 0.15) is 12.0 Å². The van der Waals surface area contributed by atoms with Crippen molar-refractivity contribution in [2.75, 3.05) is 0 Å². The highest BCUT2D eigenvalue weighted by Crippen LogP contribution is 2.23. The quantitative estimate of drug-likeness (QED) is 0.943. The zero-order valence-corrected chi connectivity index (χ0v) is 11.1. The first-order valence-corrected chi connectivity index (χ1v) is 6.23. The summed E-state index contributed by atoms with van der Waals surface area (Å²) >= 11 is 3.38. The molecule has 0 saturated carbocycles. The second-order valence-electron chi connectivity index (χ2n) is 3.80. The Morgan fingerprint density at radius 3 is 2.67 bits per heavy atom. The molecule has 18 heavy (non-hydrogen) atoms. The minimum absolute atomic E-state index is 0.0803. The predicted molar refractivity (Wildman–Crippen MR) is 71.1 cm³/mol. The molecule has 0 atom stereocenters. The molecule has 0 amide bonds.